The van der Waals surface area contributed by atoms with E-state index < -0.39 is 0 Å². The second-order valence-electron chi connectivity index (χ2n) is 12.1. The number of fused-ring (bicyclic) bond motifs is 9. The van der Waals surface area contributed by atoms with Crippen molar-refractivity contribution >= 4 is 80.8 Å². The molecule has 0 fully saturated rings. The molecule has 0 aliphatic carbocycles. The maximum absolute atomic E-state index is 7.55. The highest BCUT2D eigenvalue weighted by atomic mass is 32.1. The number of para-hydroxylation sites is 3. The van der Waals surface area contributed by atoms with Crippen LogP contribution in [0.4, 0.5) is 5.69 Å². The molecule has 7 aromatic carbocycles. The first-order chi connectivity index (χ1) is 23.2. The van der Waals surface area contributed by atoms with E-state index in [0.29, 0.717) is 5.69 Å². The van der Waals surface area contributed by atoms with Gasteiger partial charge in [-0.2, -0.15) is 0 Å². The summed E-state index contributed by atoms with van der Waals surface area (Å²) in [5.41, 5.74) is 9.99. The Balaban J connectivity index is 1.14. The third-order valence-electron chi connectivity index (χ3n) is 9.51. The molecule has 0 radical (unpaired) electrons. The van der Waals surface area contributed by atoms with Gasteiger partial charge < -0.3 is 9.13 Å². The van der Waals surface area contributed by atoms with Crippen LogP contribution in [0.25, 0.3) is 91.1 Å². The van der Waals surface area contributed by atoms with E-state index in [1.807, 2.05) is 23.5 Å². The molecule has 47 heavy (non-hydrogen) atoms. The highest BCUT2D eigenvalue weighted by Crippen LogP contribution is 2.40. The van der Waals surface area contributed by atoms with Crippen LogP contribution >= 0.6 is 11.3 Å². The molecule has 0 saturated heterocycles. The van der Waals surface area contributed by atoms with Crippen LogP contribution < -0.4 is 0 Å². The molecule has 0 aliphatic heterocycles. The van der Waals surface area contributed by atoms with Crippen molar-refractivity contribution < 1.29 is 0 Å². The lowest BCUT2D eigenvalue weighted by Crippen LogP contribution is -1.94. The lowest BCUT2D eigenvalue weighted by atomic mass is 10.0. The molecule has 0 N–H and O–H groups in total. The number of rotatable bonds is 3. The van der Waals surface area contributed by atoms with Gasteiger partial charge in [-0.05, 0) is 89.3 Å². The smallest absolute Gasteiger partial charge is 0.188 e. The fourth-order valence-corrected chi connectivity index (χ4v) is 8.48. The summed E-state index contributed by atoms with van der Waals surface area (Å²) < 4.78 is 7.29. The zero-order chi connectivity index (χ0) is 31.1. The average molecular weight is 616 g/mol. The summed E-state index contributed by atoms with van der Waals surface area (Å²) in [7, 11) is 0. The molecular weight excluding hydrogens is 591 g/mol. The van der Waals surface area contributed by atoms with Gasteiger partial charge >= 0.3 is 0 Å². The Morgan fingerprint density at radius 1 is 0.404 bits per heavy atom. The van der Waals surface area contributed by atoms with Crippen molar-refractivity contribution in [3.05, 3.63) is 163 Å². The molecule has 10 rings (SSSR count). The van der Waals surface area contributed by atoms with Crippen molar-refractivity contribution in [2.45, 2.75) is 0 Å². The maximum Gasteiger partial charge on any atom is 0.188 e. The summed E-state index contributed by atoms with van der Waals surface area (Å²) >= 11 is 1.85. The van der Waals surface area contributed by atoms with Crippen LogP contribution in [0, 0.1) is 6.57 Å². The molecule has 3 nitrogen and oxygen atoms in total. The lowest BCUT2D eigenvalue weighted by Gasteiger charge is -2.11. The molecule has 0 atom stereocenters. The predicted molar refractivity (Wildman–Crippen MR) is 200 cm³/mol. The Hall–Kier alpha value is -6.15. The number of thiophene rings is 1. The van der Waals surface area contributed by atoms with Gasteiger partial charge in [0.05, 0.1) is 28.6 Å². The largest absolute Gasteiger partial charge is 0.309 e. The van der Waals surface area contributed by atoms with Gasteiger partial charge in [0.2, 0.25) is 0 Å². The summed E-state index contributed by atoms with van der Waals surface area (Å²) in [4.78, 5) is 3.69. The molecule has 218 valence electrons. The van der Waals surface area contributed by atoms with Gasteiger partial charge in [-0.3, -0.25) is 0 Å². The molecule has 3 aromatic heterocycles. The van der Waals surface area contributed by atoms with Gasteiger partial charge in [0, 0.05) is 47.7 Å². The Bertz CT molecular complexity index is 2880. The zero-order valence-corrected chi connectivity index (χ0v) is 26.0. The second-order valence-corrected chi connectivity index (χ2v) is 13.2. The molecule has 0 amide bonds. The van der Waals surface area contributed by atoms with E-state index in [2.05, 4.69) is 154 Å². The standard InChI is InChI=1S/C43H25N3S/c1-44-29-18-20-41-35(25-29)34-13-4-7-16-40(34)45(41)30-10-8-9-27(23-30)28-17-21-42-36(24-28)37-26-31(19-22-43(37)47-42)46-38-14-5-2-11-32(38)33-12-3-6-15-39(33)46/h2-26H. The Kier molecular flexibility index (Phi) is 5.51. The maximum atomic E-state index is 7.55. The fraction of sp³-hybridized carbons (Fsp3) is 0. The Morgan fingerprint density at radius 3 is 1.64 bits per heavy atom. The summed E-state index contributed by atoms with van der Waals surface area (Å²) in [6, 6.07) is 54.4. The van der Waals surface area contributed by atoms with E-state index in [-0.39, 0.29) is 0 Å². The number of hydrogen-bond donors (Lipinski definition) is 0. The highest BCUT2D eigenvalue weighted by molar-refractivity contribution is 7.25. The van der Waals surface area contributed by atoms with E-state index in [1.165, 1.54) is 58.8 Å². The quantitative estimate of drug-likeness (QED) is 0.176. The van der Waals surface area contributed by atoms with Gasteiger partial charge in [0.25, 0.3) is 0 Å². The first-order valence-electron chi connectivity index (χ1n) is 15.7. The first-order valence-corrected chi connectivity index (χ1v) is 16.5. The number of nitrogens with zero attached hydrogens (tertiary/aromatic N) is 3. The van der Waals surface area contributed by atoms with Crippen molar-refractivity contribution in [2.75, 3.05) is 0 Å². The topological polar surface area (TPSA) is 14.2 Å². The van der Waals surface area contributed by atoms with Crippen molar-refractivity contribution in [3.63, 3.8) is 0 Å². The van der Waals surface area contributed by atoms with E-state index >= 15 is 0 Å². The van der Waals surface area contributed by atoms with Gasteiger partial charge in [0.15, 0.2) is 5.69 Å². The van der Waals surface area contributed by atoms with E-state index in [0.717, 1.165) is 27.5 Å². The minimum atomic E-state index is 0.659. The minimum absolute atomic E-state index is 0.659. The predicted octanol–water partition coefficient (Wildman–Crippen LogP) is 12.5. The first kappa shape index (κ1) is 26.1. The van der Waals surface area contributed by atoms with E-state index in [9.17, 15) is 0 Å². The molecule has 0 aliphatic rings. The average Bonchev–Trinajstić information content (AvgIpc) is 3.78. The zero-order valence-electron chi connectivity index (χ0n) is 25.2. The van der Waals surface area contributed by atoms with Crippen LogP contribution in [0.2, 0.25) is 0 Å². The number of hydrogen-bond acceptors (Lipinski definition) is 1. The van der Waals surface area contributed by atoms with Crippen LogP contribution in [0.15, 0.2) is 152 Å². The summed E-state index contributed by atoms with van der Waals surface area (Å²) in [6.45, 7) is 7.55. The molecule has 0 saturated carbocycles. The Morgan fingerprint density at radius 2 is 0.957 bits per heavy atom. The van der Waals surface area contributed by atoms with E-state index in [1.54, 1.807) is 0 Å². The second kappa shape index (κ2) is 9.92. The van der Waals surface area contributed by atoms with Crippen LogP contribution in [0.3, 0.4) is 0 Å². The number of aromatic nitrogens is 2. The van der Waals surface area contributed by atoms with Gasteiger partial charge in [-0.25, -0.2) is 4.85 Å². The SMILES string of the molecule is [C-]#[N+]c1ccc2c(c1)c1ccccc1n2-c1cccc(-c2ccc3sc4ccc(-n5c6ccccc6c6ccccc65)cc4c3c2)c1. The molecule has 10 aromatic rings. The fourth-order valence-electron chi connectivity index (χ4n) is 7.42. The van der Waals surface area contributed by atoms with Crippen LogP contribution in [0.5, 0.6) is 0 Å². The molecular formula is C43H25N3S. The monoisotopic (exact) mass is 615 g/mol. The molecule has 0 spiro atoms. The van der Waals surface area contributed by atoms with Crippen LogP contribution in [-0.4, -0.2) is 9.13 Å². The lowest BCUT2D eigenvalue weighted by molar-refractivity contribution is 1.18. The Labute approximate surface area is 274 Å². The summed E-state index contributed by atoms with van der Waals surface area (Å²) in [6.07, 6.45) is 0. The normalized spacial score (nSPS) is 11.8. The minimum Gasteiger partial charge on any atom is -0.309 e. The number of benzene rings is 7. The van der Waals surface area contributed by atoms with Crippen molar-refractivity contribution in [1.29, 1.82) is 0 Å². The highest BCUT2D eigenvalue weighted by Gasteiger charge is 2.16. The van der Waals surface area contributed by atoms with Crippen LogP contribution in [0.1, 0.15) is 0 Å². The molecule has 0 unspecified atom stereocenters. The van der Waals surface area contributed by atoms with Crippen molar-refractivity contribution in [2.24, 2.45) is 0 Å². The van der Waals surface area contributed by atoms with Gasteiger partial charge in [0.1, 0.15) is 0 Å². The molecule has 0 bridgehead atoms. The van der Waals surface area contributed by atoms with Crippen molar-refractivity contribution in [1.82, 2.24) is 9.13 Å². The van der Waals surface area contributed by atoms with Gasteiger partial charge in [-0.1, -0.05) is 78.9 Å². The van der Waals surface area contributed by atoms with Crippen molar-refractivity contribution in [3.8, 4) is 22.5 Å². The summed E-state index contributed by atoms with van der Waals surface area (Å²) in [5.74, 6) is 0. The third kappa shape index (κ3) is 3.85. The molecule has 3 heterocycles. The summed E-state index contributed by atoms with van der Waals surface area (Å²) in [5, 5.41) is 7.36. The van der Waals surface area contributed by atoms with Crippen LogP contribution in [-0.2, 0) is 0 Å². The van der Waals surface area contributed by atoms with E-state index in [4.69, 9.17) is 6.57 Å². The van der Waals surface area contributed by atoms with Gasteiger partial charge in [-0.15, -0.1) is 11.3 Å². The molecule has 4 heteroatoms. The third-order valence-corrected chi connectivity index (χ3v) is 10.7.